The molecular weight excluding hydrogens is 254 g/mol. The molecule has 1 aromatic carbocycles. The molecule has 0 N–H and O–H groups in total. The highest BCUT2D eigenvalue weighted by molar-refractivity contribution is 5.91. The van der Waals surface area contributed by atoms with Gasteiger partial charge in [0, 0.05) is 28.2 Å². The molecule has 0 saturated carbocycles. The highest BCUT2D eigenvalue weighted by Gasteiger charge is 2.17. The first-order chi connectivity index (χ1) is 9.99. The normalized spacial score (nSPS) is 11.9. The zero-order valence-corrected chi connectivity index (χ0v) is 14.2. The molecular formula is C20H29N. The van der Waals surface area contributed by atoms with Gasteiger partial charge in [0.15, 0.2) is 0 Å². The van der Waals surface area contributed by atoms with Crippen LogP contribution >= 0.6 is 0 Å². The second kappa shape index (κ2) is 7.87. The predicted octanol–water partition coefficient (Wildman–Crippen LogP) is 6.39. The van der Waals surface area contributed by atoms with Crippen LogP contribution in [-0.2, 0) is 0 Å². The van der Waals surface area contributed by atoms with Crippen LogP contribution in [0.3, 0.4) is 0 Å². The van der Waals surface area contributed by atoms with Gasteiger partial charge in [0.1, 0.15) is 0 Å². The Hall–Kier alpha value is -1.76. The maximum atomic E-state index is 3.95. The summed E-state index contributed by atoms with van der Waals surface area (Å²) in [6, 6.07) is 9.10. The first kappa shape index (κ1) is 17.3. The van der Waals surface area contributed by atoms with Gasteiger partial charge in [-0.15, -0.1) is 6.58 Å². The zero-order valence-electron chi connectivity index (χ0n) is 14.2. The van der Waals surface area contributed by atoms with Gasteiger partial charge in [-0.05, 0) is 32.3 Å². The van der Waals surface area contributed by atoms with Gasteiger partial charge < -0.3 is 4.57 Å². The smallest absolute Gasteiger partial charge is 0.0491 e. The van der Waals surface area contributed by atoms with Crippen molar-refractivity contribution in [1.29, 1.82) is 0 Å². The number of para-hydroxylation sites is 1. The largest absolute Gasteiger partial charge is 0.341 e. The molecule has 1 aromatic heterocycles. The summed E-state index contributed by atoms with van der Waals surface area (Å²) in [6.45, 7) is 18.5. The number of fused-ring (bicyclic) bond motifs is 1. The van der Waals surface area contributed by atoms with E-state index < -0.39 is 0 Å². The number of allylic oxidation sites excluding steroid dienone is 1. The van der Waals surface area contributed by atoms with E-state index >= 15 is 0 Å². The Bertz CT molecular complexity index is 602. The van der Waals surface area contributed by atoms with Crippen LogP contribution in [0.25, 0.3) is 17.0 Å². The minimum Gasteiger partial charge on any atom is -0.341 e. The molecule has 0 bridgehead atoms. The monoisotopic (exact) mass is 283 g/mol. The average molecular weight is 283 g/mol. The molecule has 1 heteroatoms. The standard InChI is InChI=1S/C16H21N.C4H8/c1-6-14-13(5)17(12(4)11(2)3)16-10-8-7-9-15(14)16;1-3-4-2/h6-12H,1H2,2-5H3;3H,1,4H2,2H3. The van der Waals surface area contributed by atoms with Gasteiger partial charge in [0.2, 0.25) is 0 Å². The quantitative estimate of drug-likeness (QED) is 0.573. The van der Waals surface area contributed by atoms with Gasteiger partial charge in [0.25, 0.3) is 0 Å². The molecule has 0 radical (unpaired) electrons. The first-order valence-corrected chi connectivity index (χ1v) is 7.82. The van der Waals surface area contributed by atoms with E-state index in [1.165, 1.54) is 22.2 Å². The summed E-state index contributed by atoms with van der Waals surface area (Å²) < 4.78 is 2.44. The van der Waals surface area contributed by atoms with Gasteiger partial charge in [-0.1, -0.05) is 57.7 Å². The van der Waals surface area contributed by atoms with Crippen molar-refractivity contribution in [2.24, 2.45) is 5.92 Å². The van der Waals surface area contributed by atoms with E-state index in [2.05, 4.69) is 76.6 Å². The lowest BCUT2D eigenvalue weighted by molar-refractivity contribution is 0.412. The van der Waals surface area contributed by atoms with Gasteiger partial charge >= 0.3 is 0 Å². The molecule has 2 aromatic rings. The van der Waals surface area contributed by atoms with Crippen molar-refractivity contribution in [2.75, 3.05) is 0 Å². The minimum atomic E-state index is 0.508. The third kappa shape index (κ3) is 3.66. The third-order valence-electron chi connectivity index (χ3n) is 4.07. The second-order valence-electron chi connectivity index (χ2n) is 5.77. The molecule has 0 saturated heterocycles. The van der Waals surface area contributed by atoms with Gasteiger partial charge in [-0.2, -0.15) is 0 Å². The van der Waals surface area contributed by atoms with Crippen molar-refractivity contribution >= 4 is 17.0 Å². The molecule has 1 nitrogen and oxygen atoms in total. The number of hydrogen-bond acceptors (Lipinski definition) is 0. The van der Waals surface area contributed by atoms with Crippen molar-refractivity contribution in [1.82, 2.24) is 4.57 Å². The van der Waals surface area contributed by atoms with Crippen LogP contribution in [-0.4, -0.2) is 4.57 Å². The molecule has 21 heavy (non-hydrogen) atoms. The molecule has 114 valence electrons. The summed E-state index contributed by atoms with van der Waals surface area (Å²) in [4.78, 5) is 0. The van der Waals surface area contributed by atoms with Gasteiger partial charge in [0.05, 0.1) is 0 Å². The van der Waals surface area contributed by atoms with Crippen molar-refractivity contribution < 1.29 is 0 Å². The number of nitrogens with zero attached hydrogens (tertiary/aromatic N) is 1. The number of benzene rings is 1. The van der Waals surface area contributed by atoms with Crippen molar-refractivity contribution in [3.05, 3.63) is 54.8 Å². The Balaban J connectivity index is 0.000000491. The van der Waals surface area contributed by atoms with Crippen LogP contribution in [0.5, 0.6) is 0 Å². The van der Waals surface area contributed by atoms with Crippen molar-refractivity contribution in [3.63, 3.8) is 0 Å². The molecule has 1 heterocycles. The minimum absolute atomic E-state index is 0.508. The van der Waals surface area contributed by atoms with E-state index in [0.29, 0.717) is 12.0 Å². The third-order valence-corrected chi connectivity index (χ3v) is 4.07. The fourth-order valence-corrected chi connectivity index (χ4v) is 2.50. The van der Waals surface area contributed by atoms with E-state index in [0.717, 1.165) is 6.42 Å². The molecule has 0 aliphatic carbocycles. The van der Waals surface area contributed by atoms with Crippen molar-refractivity contribution in [2.45, 2.75) is 47.1 Å². The van der Waals surface area contributed by atoms with Crippen molar-refractivity contribution in [3.8, 4) is 0 Å². The van der Waals surface area contributed by atoms with E-state index in [4.69, 9.17) is 0 Å². The Morgan fingerprint density at radius 1 is 1.14 bits per heavy atom. The lowest BCUT2D eigenvalue weighted by Crippen LogP contribution is -2.12. The highest BCUT2D eigenvalue weighted by atomic mass is 15.0. The topological polar surface area (TPSA) is 4.93 Å². The van der Waals surface area contributed by atoms with E-state index in [1.54, 1.807) is 0 Å². The lowest BCUT2D eigenvalue weighted by atomic mass is 10.1. The van der Waals surface area contributed by atoms with Crippen LogP contribution in [0.4, 0.5) is 0 Å². The predicted molar refractivity (Wildman–Crippen MR) is 96.8 cm³/mol. The molecule has 2 rings (SSSR count). The Kier molecular flexibility index (Phi) is 6.48. The molecule has 1 unspecified atom stereocenters. The van der Waals surface area contributed by atoms with E-state index in [-0.39, 0.29) is 0 Å². The van der Waals surface area contributed by atoms with Crippen LogP contribution in [0, 0.1) is 12.8 Å². The summed E-state index contributed by atoms with van der Waals surface area (Å²) in [5, 5.41) is 1.31. The van der Waals surface area contributed by atoms with E-state index in [1.807, 2.05) is 12.2 Å². The number of rotatable bonds is 4. The lowest BCUT2D eigenvalue weighted by Gasteiger charge is -2.21. The fourth-order valence-electron chi connectivity index (χ4n) is 2.50. The molecule has 0 aliphatic heterocycles. The Morgan fingerprint density at radius 3 is 2.19 bits per heavy atom. The Labute approximate surface area is 130 Å². The summed E-state index contributed by atoms with van der Waals surface area (Å²) in [5.41, 5.74) is 3.91. The second-order valence-corrected chi connectivity index (χ2v) is 5.77. The molecule has 0 aliphatic rings. The summed E-state index contributed by atoms with van der Waals surface area (Å²) in [5.74, 6) is 0.627. The maximum Gasteiger partial charge on any atom is 0.0491 e. The SMILES string of the molecule is C=CCC.C=Cc1c(C)n(C(C)C(C)C)c2ccccc12. The zero-order chi connectivity index (χ0) is 16.0. The van der Waals surface area contributed by atoms with Crippen LogP contribution in [0.2, 0.25) is 0 Å². The molecule has 0 fully saturated rings. The average Bonchev–Trinajstić information content (AvgIpc) is 2.78. The van der Waals surface area contributed by atoms with Crippen LogP contribution in [0.15, 0.2) is 43.5 Å². The van der Waals surface area contributed by atoms with Crippen LogP contribution < -0.4 is 0 Å². The number of hydrogen-bond donors (Lipinski definition) is 0. The van der Waals surface area contributed by atoms with Crippen LogP contribution in [0.1, 0.15) is 51.4 Å². The summed E-state index contributed by atoms with van der Waals surface area (Å²) in [6.07, 6.45) is 4.93. The Morgan fingerprint density at radius 2 is 1.71 bits per heavy atom. The molecule has 0 amide bonds. The maximum absolute atomic E-state index is 3.95. The first-order valence-electron chi connectivity index (χ1n) is 7.82. The summed E-state index contributed by atoms with van der Waals surface area (Å²) in [7, 11) is 0. The molecule has 1 atom stereocenters. The van der Waals surface area contributed by atoms with Gasteiger partial charge in [-0.3, -0.25) is 0 Å². The fraction of sp³-hybridized carbons (Fsp3) is 0.400. The van der Waals surface area contributed by atoms with E-state index in [9.17, 15) is 0 Å². The number of aromatic nitrogens is 1. The summed E-state index contributed by atoms with van der Waals surface area (Å²) >= 11 is 0. The highest BCUT2D eigenvalue weighted by Crippen LogP contribution is 2.32. The van der Waals surface area contributed by atoms with Gasteiger partial charge in [-0.25, -0.2) is 0 Å². The molecule has 0 spiro atoms.